The highest BCUT2D eigenvalue weighted by Gasteiger charge is 2.02. The summed E-state index contributed by atoms with van der Waals surface area (Å²) >= 11 is 0. The molecule has 0 aliphatic carbocycles. The summed E-state index contributed by atoms with van der Waals surface area (Å²) in [6.07, 6.45) is 0.830. The smallest absolute Gasteiger partial charge is 0.264 e. The van der Waals surface area contributed by atoms with E-state index in [1.165, 1.54) is 0 Å². The van der Waals surface area contributed by atoms with Gasteiger partial charge in [-0.3, -0.25) is 4.55 Å². The van der Waals surface area contributed by atoms with E-state index in [1.807, 2.05) is 0 Å². The van der Waals surface area contributed by atoms with E-state index in [-0.39, 0.29) is 18.8 Å². The maximum Gasteiger partial charge on any atom is 0.264 e. The lowest BCUT2D eigenvalue weighted by atomic mass is 10.5. The lowest BCUT2D eigenvalue weighted by molar-refractivity contribution is 0.116. The Morgan fingerprint density at radius 2 is 1.75 bits per heavy atom. The van der Waals surface area contributed by atoms with Crippen LogP contribution in [0.15, 0.2) is 0 Å². The van der Waals surface area contributed by atoms with Crippen LogP contribution in [0.25, 0.3) is 0 Å². The first kappa shape index (κ1) is 11.8. The van der Waals surface area contributed by atoms with E-state index in [9.17, 15) is 8.42 Å². The van der Waals surface area contributed by atoms with Gasteiger partial charge >= 0.3 is 0 Å². The second-order valence-electron chi connectivity index (χ2n) is 2.33. The van der Waals surface area contributed by atoms with Crippen LogP contribution in [0.1, 0.15) is 12.8 Å². The Balaban J connectivity index is 3.12. The van der Waals surface area contributed by atoms with Gasteiger partial charge in [0.05, 0.1) is 5.75 Å². The highest BCUT2D eigenvalue weighted by Crippen LogP contribution is 1.90. The number of aliphatic hydroxyl groups excluding tert-OH is 1. The van der Waals surface area contributed by atoms with Gasteiger partial charge in [-0.15, -0.1) is 0 Å². The lowest BCUT2D eigenvalue weighted by Gasteiger charge is -2.00. The quantitative estimate of drug-likeness (QED) is 0.432. The summed E-state index contributed by atoms with van der Waals surface area (Å²) in [5, 5.41) is 8.34. The zero-order valence-corrected chi connectivity index (χ0v) is 7.59. The summed E-state index contributed by atoms with van der Waals surface area (Å²) < 4.78 is 33.6. The monoisotopic (exact) mass is 198 g/mol. The molecule has 0 heterocycles. The topological polar surface area (TPSA) is 83.8 Å². The predicted octanol–water partition coefficient (Wildman–Crippen LogP) is -0.337. The van der Waals surface area contributed by atoms with E-state index in [0.29, 0.717) is 19.6 Å². The zero-order valence-electron chi connectivity index (χ0n) is 6.77. The van der Waals surface area contributed by atoms with Crippen molar-refractivity contribution in [3.05, 3.63) is 0 Å². The van der Waals surface area contributed by atoms with Crippen molar-refractivity contribution in [1.29, 1.82) is 0 Å². The van der Waals surface area contributed by atoms with Crippen molar-refractivity contribution in [1.82, 2.24) is 0 Å². The second kappa shape index (κ2) is 6.36. The van der Waals surface area contributed by atoms with Crippen molar-refractivity contribution in [2.24, 2.45) is 0 Å². The van der Waals surface area contributed by atoms with E-state index < -0.39 is 10.1 Å². The molecule has 2 N–H and O–H groups in total. The molecule has 0 radical (unpaired) electrons. The van der Waals surface area contributed by atoms with Crippen LogP contribution in [-0.2, 0) is 14.9 Å². The van der Waals surface area contributed by atoms with E-state index in [0.717, 1.165) is 0 Å². The fraction of sp³-hybridized carbons (Fsp3) is 1.00. The van der Waals surface area contributed by atoms with Crippen molar-refractivity contribution in [3.63, 3.8) is 0 Å². The number of ether oxygens (including phenoxy) is 1. The molecule has 0 spiro atoms. The summed E-state index contributed by atoms with van der Waals surface area (Å²) in [5.74, 6) is -0.272. The van der Waals surface area contributed by atoms with Crippen LogP contribution < -0.4 is 0 Å². The standard InChI is InChI=1S/C6H14O5S/c7-3-1-4-11-5-2-6-12(8,9)10/h7H,1-6H2,(H,8,9,10). The van der Waals surface area contributed by atoms with Crippen LogP contribution in [0.2, 0.25) is 0 Å². The van der Waals surface area contributed by atoms with Gasteiger partial charge in [0.2, 0.25) is 0 Å². The molecule has 0 bridgehead atoms. The van der Waals surface area contributed by atoms with Gasteiger partial charge in [-0.05, 0) is 12.8 Å². The van der Waals surface area contributed by atoms with E-state index >= 15 is 0 Å². The molecule has 0 unspecified atom stereocenters. The molecular formula is C6H14O5S. The average molecular weight is 198 g/mol. The molecule has 5 nitrogen and oxygen atoms in total. The fourth-order valence-electron chi connectivity index (χ4n) is 0.612. The van der Waals surface area contributed by atoms with Crippen molar-refractivity contribution in [2.45, 2.75) is 12.8 Å². The summed E-state index contributed by atoms with van der Waals surface area (Å²) in [6.45, 7) is 0.778. The Labute approximate surface area is 72.1 Å². The molecule has 0 rings (SSSR count). The van der Waals surface area contributed by atoms with E-state index in [2.05, 4.69) is 0 Å². The molecule has 0 saturated carbocycles. The molecule has 0 aromatic heterocycles. The third-order valence-corrected chi connectivity index (χ3v) is 1.94. The van der Waals surface area contributed by atoms with Crippen LogP contribution in [0.5, 0.6) is 0 Å². The first-order chi connectivity index (χ1) is 5.56. The summed E-state index contributed by atoms with van der Waals surface area (Å²) in [6, 6.07) is 0. The normalized spacial score (nSPS) is 11.8. The van der Waals surface area contributed by atoms with Gasteiger partial charge in [0.1, 0.15) is 0 Å². The largest absolute Gasteiger partial charge is 0.396 e. The molecule has 0 aromatic rings. The number of rotatable bonds is 7. The maximum absolute atomic E-state index is 10.2. The van der Waals surface area contributed by atoms with Crippen molar-refractivity contribution in [2.75, 3.05) is 25.6 Å². The van der Waals surface area contributed by atoms with Crippen LogP contribution in [-0.4, -0.2) is 43.7 Å². The Morgan fingerprint density at radius 1 is 1.17 bits per heavy atom. The highest BCUT2D eigenvalue weighted by atomic mass is 32.2. The summed E-state index contributed by atoms with van der Waals surface area (Å²) in [4.78, 5) is 0. The van der Waals surface area contributed by atoms with Gasteiger partial charge in [0.15, 0.2) is 0 Å². The van der Waals surface area contributed by atoms with Gasteiger partial charge in [-0.1, -0.05) is 0 Å². The molecule has 0 amide bonds. The first-order valence-corrected chi connectivity index (χ1v) is 5.31. The van der Waals surface area contributed by atoms with Gasteiger partial charge in [0.25, 0.3) is 10.1 Å². The average Bonchev–Trinajstić information content (AvgIpc) is 1.94. The van der Waals surface area contributed by atoms with E-state index in [4.69, 9.17) is 14.4 Å². The molecule has 0 atom stereocenters. The Hall–Kier alpha value is -0.170. The molecule has 0 saturated heterocycles. The van der Waals surface area contributed by atoms with Crippen molar-refractivity contribution >= 4 is 10.1 Å². The van der Waals surface area contributed by atoms with Gasteiger partial charge in [-0.25, -0.2) is 0 Å². The fourth-order valence-corrected chi connectivity index (χ4v) is 1.09. The zero-order chi connectivity index (χ0) is 9.45. The van der Waals surface area contributed by atoms with Crippen molar-refractivity contribution < 1.29 is 22.8 Å². The van der Waals surface area contributed by atoms with Crippen LogP contribution in [0.3, 0.4) is 0 Å². The van der Waals surface area contributed by atoms with Crippen LogP contribution >= 0.6 is 0 Å². The number of hydrogen-bond donors (Lipinski definition) is 2. The van der Waals surface area contributed by atoms with E-state index in [1.54, 1.807) is 0 Å². The predicted molar refractivity (Wildman–Crippen MR) is 43.6 cm³/mol. The minimum Gasteiger partial charge on any atom is -0.396 e. The number of aliphatic hydroxyl groups is 1. The summed E-state index contributed by atoms with van der Waals surface area (Å²) in [7, 11) is -3.85. The lowest BCUT2D eigenvalue weighted by Crippen LogP contribution is -2.08. The maximum atomic E-state index is 10.2. The third-order valence-electron chi connectivity index (χ3n) is 1.14. The number of hydrogen-bond acceptors (Lipinski definition) is 4. The third kappa shape index (κ3) is 9.83. The molecule has 74 valence electrons. The SMILES string of the molecule is O=S(=O)(O)CCCOCCCO. The minimum absolute atomic E-state index is 0.0678. The minimum atomic E-state index is -3.85. The molecular weight excluding hydrogens is 184 g/mol. The molecule has 0 aliphatic rings. The molecule has 6 heteroatoms. The van der Waals surface area contributed by atoms with Gasteiger partial charge in [-0.2, -0.15) is 8.42 Å². The highest BCUT2D eigenvalue weighted by molar-refractivity contribution is 7.85. The summed E-state index contributed by atoms with van der Waals surface area (Å²) in [5.41, 5.74) is 0. The van der Waals surface area contributed by atoms with Gasteiger partial charge < -0.3 is 9.84 Å². The second-order valence-corrected chi connectivity index (χ2v) is 3.90. The Morgan fingerprint density at radius 3 is 2.25 bits per heavy atom. The Bertz CT molecular complexity index is 186. The van der Waals surface area contributed by atoms with Gasteiger partial charge in [0, 0.05) is 19.8 Å². The first-order valence-electron chi connectivity index (χ1n) is 3.70. The Kier molecular flexibility index (Phi) is 6.27. The van der Waals surface area contributed by atoms with Crippen molar-refractivity contribution in [3.8, 4) is 0 Å². The molecule has 12 heavy (non-hydrogen) atoms. The molecule has 0 fully saturated rings. The molecule has 0 aliphatic heterocycles. The molecule has 0 aromatic carbocycles. The van der Waals surface area contributed by atoms with Crippen LogP contribution in [0.4, 0.5) is 0 Å². The van der Waals surface area contributed by atoms with Crippen LogP contribution in [0, 0.1) is 0 Å².